The van der Waals surface area contributed by atoms with E-state index in [9.17, 15) is 8.42 Å². The maximum absolute atomic E-state index is 10.7. The highest BCUT2D eigenvalue weighted by Crippen LogP contribution is 2.32. The largest absolute Gasteiger partial charge is 0.232 e. The summed E-state index contributed by atoms with van der Waals surface area (Å²) >= 11 is 0. The molecule has 0 unspecified atom stereocenters. The molecule has 0 aromatic heterocycles. The second-order valence-corrected chi connectivity index (χ2v) is 6.20. The second kappa shape index (κ2) is 3.31. The zero-order chi connectivity index (χ0) is 8.48. The minimum atomic E-state index is -3.27. The van der Waals surface area contributed by atoms with Gasteiger partial charge in [-0.05, 0) is 18.3 Å². The molecule has 0 heterocycles. The molecule has 1 saturated carbocycles. The number of hydrogen-bond donors (Lipinski definition) is 0. The summed E-state index contributed by atoms with van der Waals surface area (Å²) in [4.78, 5) is 0. The van der Waals surface area contributed by atoms with Crippen molar-refractivity contribution in [1.29, 1.82) is 0 Å². The average Bonchev–Trinajstić information content (AvgIpc) is 2.12. The maximum Gasteiger partial charge on any atom is 0.232 e. The summed E-state index contributed by atoms with van der Waals surface area (Å²) in [5.74, 6) is 0.997. The Balaban J connectivity index is 2.50. The van der Waals surface area contributed by atoms with Gasteiger partial charge in [-0.15, -0.1) is 0 Å². The predicted octanol–water partition coefficient (Wildman–Crippen LogP) is 1.99. The minimum Gasteiger partial charge on any atom is -0.212 e. The lowest BCUT2D eigenvalue weighted by Crippen LogP contribution is -2.13. The molecule has 11 heavy (non-hydrogen) atoms. The van der Waals surface area contributed by atoms with Crippen molar-refractivity contribution in [1.82, 2.24) is 0 Å². The van der Waals surface area contributed by atoms with E-state index in [-0.39, 0.29) is 5.75 Å². The third kappa shape index (κ3) is 2.99. The lowest BCUT2D eigenvalue weighted by atomic mass is 10.0. The summed E-state index contributed by atoms with van der Waals surface area (Å²) in [6, 6.07) is 0. The van der Waals surface area contributed by atoms with E-state index >= 15 is 0 Å². The van der Waals surface area contributed by atoms with Gasteiger partial charge in [-0.2, -0.15) is 0 Å². The zero-order valence-corrected chi connectivity index (χ0v) is 8.16. The van der Waals surface area contributed by atoms with Gasteiger partial charge in [0.25, 0.3) is 0 Å². The first-order valence-corrected chi connectivity index (χ1v) is 6.39. The molecular weight excluding hydrogens is 184 g/mol. The van der Waals surface area contributed by atoms with Gasteiger partial charge in [0.2, 0.25) is 9.05 Å². The highest BCUT2D eigenvalue weighted by Gasteiger charge is 2.27. The van der Waals surface area contributed by atoms with Crippen molar-refractivity contribution in [2.45, 2.75) is 26.2 Å². The van der Waals surface area contributed by atoms with Gasteiger partial charge >= 0.3 is 0 Å². The molecule has 1 aliphatic carbocycles. The van der Waals surface area contributed by atoms with Crippen LogP contribution in [-0.4, -0.2) is 14.2 Å². The molecule has 1 rings (SSSR count). The third-order valence-corrected chi connectivity index (χ3v) is 3.66. The van der Waals surface area contributed by atoms with Crippen molar-refractivity contribution < 1.29 is 8.42 Å². The Labute approximate surface area is 72.4 Å². The van der Waals surface area contributed by atoms with Crippen molar-refractivity contribution >= 4 is 19.7 Å². The smallest absolute Gasteiger partial charge is 0.212 e. The summed E-state index contributed by atoms with van der Waals surface area (Å²) in [5, 5.41) is 0. The van der Waals surface area contributed by atoms with Gasteiger partial charge in [0, 0.05) is 10.7 Å². The topological polar surface area (TPSA) is 34.1 Å². The number of halogens is 1. The molecule has 0 N–H and O–H groups in total. The van der Waals surface area contributed by atoms with Crippen LogP contribution in [0.2, 0.25) is 0 Å². The highest BCUT2D eigenvalue weighted by molar-refractivity contribution is 8.13. The molecule has 0 aliphatic heterocycles. The average molecular weight is 197 g/mol. The van der Waals surface area contributed by atoms with Gasteiger partial charge in [0.1, 0.15) is 0 Å². The molecule has 2 nitrogen and oxygen atoms in total. The first-order chi connectivity index (χ1) is 4.99. The summed E-state index contributed by atoms with van der Waals surface area (Å²) in [6.07, 6.45) is 3.32. The van der Waals surface area contributed by atoms with Crippen molar-refractivity contribution in [2.24, 2.45) is 11.8 Å². The third-order valence-electron chi connectivity index (χ3n) is 2.45. The molecule has 0 amide bonds. The molecule has 1 fully saturated rings. The monoisotopic (exact) mass is 196 g/mol. The Bertz CT molecular complexity index is 223. The standard InChI is InChI=1S/C7H13ClO2S/c1-6-3-2-4-7(6)5-11(8,9)10/h6-7H,2-5H2,1H3/t6-,7+/m1/s1. The van der Waals surface area contributed by atoms with Gasteiger partial charge in [-0.3, -0.25) is 0 Å². The van der Waals surface area contributed by atoms with E-state index in [2.05, 4.69) is 6.92 Å². The van der Waals surface area contributed by atoms with Gasteiger partial charge in [-0.1, -0.05) is 19.8 Å². The summed E-state index contributed by atoms with van der Waals surface area (Å²) in [7, 11) is 1.88. The fourth-order valence-corrected chi connectivity index (χ4v) is 3.22. The van der Waals surface area contributed by atoms with Crippen LogP contribution in [0.3, 0.4) is 0 Å². The van der Waals surface area contributed by atoms with Crippen molar-refractivity contribution in [3.8, 4) is 0 Å². The fourth-order valence-electron chi connectivity index (χ4n) is 1.73. The maximum atomic E-state index is 10.7. The van der Waals surface area contributed by atoms with E-state index in [1.165, 1.54) is 0 Å². The highest BCUT2D eigenvalue weighted by atomic mass is 35.7. The Morgan fingerprint density at radius 1 is 1.45 bits per heavy atom. The molecule has 0 aromatic rings. The van der Waals surface area contributed by atoms with Crippen LogP contribution in [0.25, 0.3) is 0 Å². The van der Waals surface area contributed by atoms with E-state index in [4.69, 9.17) is 10.7 Å². The molecule has 1 aliphatic rings. The molecular formula is C7H13ClO2S. The van der Waals surface area contributed by atoms with Gasteiger partial charge in [0.15, 0.2) is 0 Å². The zero-order valence-electron chi connectivity index (χ0n) is 6.59. The van der Waals surface area contributed by atoms with Crippen LogP contribution in [-0.2, 0) is 9.05 Å². The van der Waals surface area contributed by atoms with Crippen LogP contribution in [0.5, 0.6) is 0 Å². The summed E-state index contributed by atoms with van der Waals surface area (Å²) < 4.78 is 21.4. The van der Waals surface area contributed by atoms with Crippen LogP contribution in [0.4, 0.5) is 0 Å². The van der Waals surface area contributed by atoms with Crippen LogP contribution in [0.1, 0.15) is 26.2 Å². The number of rotatable bonds is 2. The molecule has 4 heteroatoms. The number of hydrogen-bond acceptors (Lipinski definition) is 2. The Hall–Kier alpha value is 0.240. The quantitative estimate of drug-likeness (QED) is 0.633. The van der Waals surface area contributed by atoms with Gasteiger partial charge < -0.3 is 0 Å². The Kier molecular flexibility index (Phi) is 2.81. The molecule has 0 spiro atoms. The fraction of sp³-hybridized carbons (Fsp3) is 1.00. The lowest BCUT2D eigenvalue weighted by molar-refractivity contribution is 0.455. The Morgan fingerprint density at radius 2 is 2.09 bits per heavy atom. The molecule has 0 bridgehead atoms. The van der Waals surface area contributed by atoms with E-state index in [0.717, 1.165) is 19.3 Å². The van der Waals surface area contributed by atoms with E-state index in [1.807, 2.05) is 0 Å². The molecule has 0 radical (unpaired) electrons. The molecule has 66 valence electrons. The minimum absolute atomic E-state index is 0.162. The van der Waals surface area contributed by atoms with Crippen molar-refractivity contribution in [3.63, 3.8) is 0 Å². The molecule has 2 atom stereocenters. The second-order valence-electron chi connectivity index (χ2n) is 3.37. The van der Waals surface area contributed by atoms with Crippen LogP contribution in [0.15, 0.2) is 0 Å². The van der Waals surface area contributed by atoms with Crippen LogP contribution < -0.4 is 0 Å². The van der Waals surface area contributed by atoms with E-state index < -0.39 is 9.05 Å². The van der Waals surface area contributed by atoms with E-state index in [1.54, 1.807) is 0 Å². The predicted molar refractivity (Wildman–Crippen MR) is 46.1 cm³/mol. The van der Waals surface area contributed by atoms with E-state index in [0.29, 0.717) is 11.8 Å². The SMILES string of the molecule is C[C@@H]1CCC[C@H]1CS(=O)(=O)Cl. The van der Waals surface area contributed by atoms with Gasteiger partial charge in [0.05, 0.1) is 5.75 Å². The first-order valence-electron chi connectivity index (χ1n) is 3.91. The Morgan fingerprint density at radius 3 is 2.45 bits per heavy atom. The summed E-state index contributed by atoms with van der Waals surface area (Å²) in [6.45, 7) is 2.10. The van der Waals surface area contributed by atoms with Crippen LogP contribution >= 0.6 is 10.7 Å². The van der Waals surface area contributed by atoms with Gasteiger partial charge in [-0.25, -0.2) is 8.42 Å². The van der Waals surface area contributed by atoms with Crippen molar-refractivity contribution in [2.75, 3.05) is 5.75 Å². The van der Waals surface area contributed by atoms with Crippen LogP contribution in [0, 0.1) is 11.8 Å². The molecule has 0 saturated heterocycles. The normalized spacial score (nSPS) is 32.5. The summed E-state index contributed by atoms with van der Waals surface area (Å²) in [5.41, 5.74) is 0. The lowest BCUT2D eigenvalue weighted by Gasteiger charge is -2.11. The van der Waals surface area contributed by atoms with Crippen molar-refractivity contribution in [3.05, 3.63) is 0 Å². The first kappa shape index (κ1) is 9.33. The molecule has 0 aromatic carbocycles.